The summed E-state index contributed by atoms with van der Waals surface area (Å²) in [5.41, 5.74) is 0.478. The molecule has 0 spiro atoms. The third-order valence-electron chi connectivity index (χ3n) is 3.43. The van der Waals surface area contributed by atoms with E-state index < -0.39 is 0 Å². The van der Waals surface area contributed by atoms with Gasteiger partial charge in [0.2, 0.25) is 5.13 Å². The zero-order valence-corrected chi connectivity index (χ0v) is 12.6. The molecule has 1 fully saturated rings. The zero-order chi connectivity index (χ0) is 14.7. The first-order valence-electron chi connectivity index (χ1n) is 6.78. The number of rotatable bonds is 4. The van der Waals surface area contributed by atoms with Gasteiger partial charge in [-0.25, -0.2) is 4.98 Å². The Hall–Kier alpha value is -1.77. The monoisotopic (exact) mass is 307 g/mol. The molecule has 3 heterocycles. The normalized spacial score (nSPS) is 17.0. The summed E-state index contributed by atoms with van der Waals surface area (Å²) in [5.74, 6) is 0.526. The second kappa shape index (κ2) is 6.33. The number of furan rings is 1. The number of piperazine rings is 1. The lowest BCUT2D eigenvalue weighted by Crippen LogP contribution is -2.44. The molecule has 1 aliphatic heterocycles. The molecule has 2 aromatic heterocycles. The molecule has 0 saturated carbocycles. The highest BCUT2D eigenvalue weighted by Gasteiger charge is 2.17. The Morgan fingerprint density at radius 3 is 2.95 bits per heavy atom. The van der Waals surface area contributed by atoms with Crippen LogP contribution < -0.4 is 5.32 Å². The molecule has 0 aromatic carbocycles. The molecule has 0 unspecified atom stereocenters. The van der Waals surface area contributed by atoms with Crippen LogP contribution in [0.5, 0.6) is 0 Å². The maximum atomic E-state index is 11.9. The average Bonchev–Trinajstić information content (AvgIpc) is 3.13. The fourth-order valence-corrected chi connectivity index (χ4v) is 2.71. The summed E-state index contributed by atoms with van der Waals surface area (Å²) in [5, 5.41) is 3.25. The quantitative estimate of drug-likeness (QED) is 0.913. The molecule has 0 bridgehead atoms. The fraction of sp³-hybridized carbons (Fsp3) is 0.462. The van der Waals surface area contributed by atoms with Crippen LogP contribution in [0.2, 0.25) is 0 Å². The van der Waals surface area contributed by atoms with Crippen molar-refractivity contribution in [3.8, 4) is 0 Å². The number of amides is 1. The van der Waals surface area contributed by atoms with E-state index in [2.05, 4.69) is 31.5 Å². The molecule has 1 saturated heterocycles. The maximum absolute atomic E-state index is 11.9. The van der Waals surface area contributed by atoms with E-state index in [0.29, 0.717) is 10.7 Å². The molecule has 0 aliphatic carbocycles. The number of nitrogens with zero attached hydrogens (tertiary/aromatic N) is 4. The van der Waals surface area contributed by atoms with Crippen LogP contribution in [0, 0.1) is 0 Å². The molecule has 112 valence electrons. The van der Waals surface area contributed by atoms with Crippen molar-refractivity contribution >= 4 is 22.6 Å². The van der Waals surface area contributed by atoms with E-state index in [1.54, 1.807) is 6.07 Å². The van der Waals surface area contributed by atoms with Crippen LogP contribution in [0.25, 0.3) is 0 Å². The highest BCUT2D eigenvalue weighted by Crippen LogP contribution is 2.14. The number of likely N-dealkylation sites (N-methyl/N-ethyl adjacent to an activating group) is 1. The van der Waals surface area contributed by atoms with E-state index in [0.717, 1.165) is 38.5 Å². The van der Waals surface area contributed by atoms with Gasteiger partial charge in [0, 0.05) is 37.7 Å². The molecular weight excluding hydrogens is 290 g/mol. The number of nitrogens with one attached hydrogen (secondary N) is 1. The molecule has 1 aliphatic rings. The van der Waals surface area contributed by atoms with Gasteiger partial charge in [-0.2, -0.15) is 4.37 Å². The average molecular weight is 307 g/mol. The van der Waals surface area contributed by atoms with Crippen LogP contribution in [0.3, 0.4) is 0 Å². The lowest BCUT2D eigenvalue weighted by atomic mass is 10.3. The van der Waals surface area contributed by atoms with Crippen LogP contribution in [-0.2, 0) is 6.54 Å². The van der Waals surface area contributed by atoms with E-state index in [1.165, 1.54) is 24.1 Å². The molecule has 2 aromatic rings. The summed E-state index contributed by atoms with van der Waals surface area (Å²) in [6.45, 7) is 4.90. The van der Waals surface area contributed by atoms with Crippen LogP contribution in [0.4, 0.5) is 5.13 Å². The van der Waals surface area contributed by atoms with Crippen LogP contribution >= 0.6 is 11.5 Å². The third-order valence-corrected chi connectivity index (χ3v) is 4.10. The summed E-state index contributed by atoms with van der Waals surface area (Å²) in [6, 6.07) is 1.61. The second-order valence-electron chi connectivity index (χ2n) is 5.06. The molecule has 1 amide bonds. The van der Waals surface area contributed by atoms with E-state index >= 15 is 0 Å². The SMILES string of the molecule is CN1CCN(Cc2nsc(NC(=O)c3ccoc3)n2)CC1. The van der Waals surface area contributed by atoms with Gasteiger partial charge in [0.1, 0.15) is 6.26 Å². The Labute approximate surface area is 126 Å². The van der Waals surface area contributed by atoms with Crippen molar-refractivity contribution in [3.63, 3.8) is 0 Å². The summed E-state index contributed by atoms with van der Waals surface area (Å²) in [7, 11) is 2.13. The Kier molecular flexibility index (Phi) is 4.28. The number of carbonyl (C=O) groups excluding carboxylic acids is 1. The van der Waals surface area contributed by atoms with Crippen LogP contribution in [0.1, 0.15) is 16.2 Å². The van der Waals surface area contributed by atoms with Gasteiger partial charge >= 0.3 is 0 Å². The first-order valence-corrected chi connectivity index (χ1v) is 7.55. The molecule has 1 N–H and O–H groups in total. The molecular formula is C13H17N5O2S. The fourth-order valence-electron chi connectivity index (χ4n) is 2.14. The van der Waals surface area contributed by atoms with E-state index in [-0.39, 0.29) is 5.91 Å². The van der Waals surface area contributed by atoms with E-state index in [1.807, 2.05) is 0 Å². The van der Waals surface area contributed by atoms with Crippen molar-refractivity contribution in [2.24, 2.45) is 0 Å². The molecule has 8 heteroatoms. The van der Waals surface area contributed by atoms with Crippen molar-refractivity contribution in [2.45, 2.75) is 6.54 Å². The lowest BCUT2D eigenvalue weighted by molar-refractivity contribution is 0.102. The lowest BCUT2D eigenvalue weighted by Gasteiger charge is -2.31. The van der Waals surface area contributed by atoms with Gasteiger partial charge in [-0.15, -0.1) is 0 Å². The number of carbonyl (C=O) groups is 1. The molecule has 0 atom stereocenters. The predicted molar refractivity (Wildman–Crippen MR) is 79.3 cm³/mol. The Bertz CT molecular complexity index is 589. The second-order valence-corrected chi connectivity index (χ2v) is 5.81. The number of hydrogen-bond acceptors (Lipinski definition) is 7. The van der Waals surface area contributed by atoms with Crippen molar-refractivity contribution in [3.05, 3.63) is 30.0 Å². The van der Waals surface area contributed by atoms with Crippen LogP contribution in [0.15, 0.2) is 23.0 Å². The number of aromatic nitrogens is 2. The van der Waals surface area contributed by atoms with Crippen molar-refractivity contribution in [1.29, 1.82) is 0 Å². The van der Waals surface area contributed by atoms with Gasteiger partial charge in [0.15, 0.2) is 5.82 Å². The Balaban J connectivity index is 1.55. The predicted octanol–water partition coefficient (Wildman–Crippen LogP) is 1.13. The highest BCUT2D eigenvalue weighted by atomic mass is 32.1. The molecule has 7 nitrogen and oxygen atoms in total. The van der Waals surface area contributed by atoms with Gasteiger partial charge in [-0.3, -0.25) is 15.0 Å². The van der Waals surface area contributed by atoms with Crippen LogP contribution in [-0.4, -0.2) is 58.3 Å². The Morgan fingerprint density at radius 2 is 2.24 bits per heavy atom. The molecule has 21 heavy (non-hydrogen) atoms. The van der Waals surface area contributed by atoms with Gasteiger partial charge in [-0.05, 0) is 13.1 Å². The zero-order valence-electron chi connectivity index (χ0n) is 11.8. The summed E-state index contributed by atoms with van der Waals surface area (Å²) >= 11 is 1.20. The Morgan fingerprint density at radius 1 is 1.43 bits per heavy atom. The van der Waals surface area contributed by atoms with Gasteiger partial charge in [0.05, 0.1) is 18.4 Å². The first kappa shape index (κ1) is 14.2. The largest absolute Gasteiger partial charge is 0.472 e. The number of hydrogen-bond donors (Lipinski definition) is 1. The minimum atomic E-state index is -0.231. The van der Waals surface area contributed by atoms with Gasteiger partial charge < -0.3 is 9.32 Å². The molecule has 0 radical (unpaired) electrons. The van der Waals surface area contributed by atoms with E-state index in [9.17, 15) is 4.79 Å². The smallest absolute Gasteiger partial charge is 0.260 e. The van der Waals surface area contributed by atoms with Crippen molar-refractivity contribution in [1.82, 2.24) is 19.2 Å². The third kappa shape index (κ3) is 3.66. The number of anilines is 1. The molecule has 3 rings (SSSR count). The van der Waals surface area contributed by atoms with E-state index in [4.69, 9.17) is 4.42 Å². The van der Waals surface area contributed by atoms with Crippen molar-refractivity contribution in [2.75, 3.05) is 38.5 Å². The summed E-state index contributed by atoms with van der Waals surface area (Å²) in [6.07, 6.45) is 2.87. The maximum Gasteiger partial charge on any atom is 0.260 e. The van der Waals surface area contributed by atoms with Gasteiger partial charge in [0.25, 0.3) is 5.91 Å². The summed E-state index contributed by atoms with van der Waals surface area (Å²) < 4.78 is 9.18. The topological polar surface area (TPSA) is 74.5 Å². The minimum Gasteiger partial charge on any atom is -0.472 e. The standard InChI is InChI=1S/C13H17N5O2S/c1-17-3-5-18(6-4-17)8-11-14-13(21-16-11)15-12(19)10-2-7-20-9-10/h2,7,9H,3-6,8H2,1H3,(H,14,15,16,19). The van der Waals surface area contributed by atoms with Crippen molar-refractivity contribution < 1.29 is 9.21 Å². The summed E-state index contributed by atoms with van der Waals surface area (Å²) in [4.78, 5) is 20.9. The van der Waals surface area contributed by atoms with Gasteiger partial charge in [-0.1, -0.05) is 0 Å². The first-order chi connectivity index (χ1) is 10.2. The minimum absolute atomic E-state index is 0.231. The highest BCUT2D eigenvalue weighted by molar-refractivity contribution is 7.09.